The highest BCUT2D eigenvalue weighted by Crippen LogP contribution is 2.40. The molecule has 5 nitrogen and oxygen atoms in total. The van der Waals surface area contributed by atoms with Crippen LogP contribution in [0.2, 0.25) is 0 Å². The third-order valence-electron chi connectivity index (χ3n) is 3.60. The van der Waals surface area contributed by atoms with E-state index in [1.807, 2.05) is 32.8 Å². The maximum Gasteiger partial charge on any atom is 0.226 e. The molecule has 1 saturated carbocycles. The summed E-state index contributed by atoms with van der Waals surface area (Å²) in [6, 6.07) is 0. The Balaban J connectivity index is 2.24. The number of amides is 2. The predicted molar refractivity (Wildman–Crippen MR) is 75.7 cm³/mol. The van der Waals surface area contributed by atoms with Gasteiger partial charge in [-0.1, -0.05) is 0 Å². The van der Waals surface area contributed by atoms with Crippen LogP contribution >= 0.6 is 0 Å². The van der Waals surface area contributed by atoms with Gasteiger partial charge in [0.2, 0.25) is 11.8 Å². The maximum atomic E-state index is 12.0. The quantitative estimate of drug-likeness (QED) is 0.655. The summed E-state index contributed by atoms with van der Waals surface area (Å²) in [6.07, 6.45) is 1.66. The van der Waals surface area contributed by atoms with Crippen molar-refractivity contribution in [1.82, 2.24) is 15.1 Å². The van der Waals surface area contributed by atoms with Gasteiger partial charge in [0.25, 0.3) is 0 Å². The molecule has 5 heteroatoms. The zero-order valence-corrected chi connectivity index (χ0v) is 12.6. The lowest BCUT2D eigenvalue weighted by Gasteiger charge is -2.18. The lowest BCUT2D eigenvalue weighted by Crippen LogP contribution is -2.34. The first kappa shape index (κ1) is 16.0. The molecule has 1 fully saturated rings. The molecule has 19 heavy (non-hydrogen) atoms. The molecule has 0 spiro atoms. The molecule has 0 bridgehead atoms. The molecule has 0 aromatic carbocycles. The molecule has 2 unspecified atom stereocenters. The lowest BCUT2D eigenvalue weighted by atomic mass is 10.2. The van der Waals surface area contributed by atoms with E-state index >= 15 is 0 Å². The Bertz CT molecular complexity index is 314. The fraction of sp³-hybridized carbons (Fsp3) is 0.857. The van der Waals surface area contributed by atoms with Crippen LogP contribution in [0, 0.1) is 11.8 Å². The number of rotatable bonds is 8. The van der Waals surface area contributed by atoms with Crippen molar-refractivity contribution in [3.05, 3.63) is 0 Å². The van der Waals surface area contributed by atoms with Gasteiger partial charge < -0.3 is 15.1 Å². The van der Waals surface area contributed by atoms with Crippen LogP contribution in [0.1, 0.15) is 26.7 Å². The molecule has 0 radical (unpaired) electrons. The average Bonchev–Trinajstić information content (AvgIpc) is 3.15. The molecule has 0 saturated heterocycles. The minimum Gasteiger partial charge on any atom is -0.356 e. The summed E-state index contributed by atoms with van der Waals surface area (Å²) in [5.41, 5.74) is 0. The van der Waals surface area contributed by atoms with Gasteiger partial charge in [0.15, 0.2) is 0 Å². The van der Waals surface area contributed by atoms with Gasteiger partial charge in [-0.25, -0.2) is 0 Å². The van der Waals surface area contributed by atoms with Crippen LogP contribution in [0.15, 0.2) is 0 Å². The van der Waals surface area contributed by atoms with E-state index in [0.29, 0.717) is 6.54 Å². The van der Waals surface area contributed by atoms with Crippen LogP contribution in [0.25, 0.3) is 0 Å². The fourth-order valence-electron chi connectivity index (χ4n) is 2.27. The number of nitrogens with zero attached hydrogens (tertiary/aromatic N) is 2. The molecular weight excluding hydrogens is 242 g/mol. The zero-order chi connectivity index (χ0) is 14.4. The van der Waals surface area contributed by atoms with Crippen LogP contribution in [0.4, 0.5) is 0 Å². The second-order valence-corrected chi connectivity index (χ2v) is 5.41. The van der Waals surface area contributed by atoms with Gasteiger partial charge >= 0.3 is 0 Å². The van der Waals surface area contributed by atoms with E-state index in [4.69, 9.17) is 0 Å². The minimum absolute atomic E-state index is 0.0456. The number of nitrogens with one attached hydrogen (secondary N) is 1. The normalized spacial score (nSPS) is 21.3. The summed E-state index contributed by atoms with van der Waals surface area (Å²) in [6.45, 7) is 7.05. The van der Waals surface area contributed by atoms with Gasteiger partial charge in [-0.05, 0) is 47.3 Å². The highest BCUT2D eigenvalue weighted by Gasteiger charge is 2.48. The topological polar surface area (TPSA) is 52.7 Å². The smallest absolute Gasteiger partial charge is 0.226 e. The van der Waals surface area contributed by atoms with E-state index < -0.39 is 0 Å². The highest BCUT2D eigenvalue weighted by molar-refractivity contribution is 5.92. The summed E-state index contributed by atoms with van der Waals surface area (Å²) in [5.74, 6) is 0.0175. The Kier molecular flexibility index (Phi) is 6.28. The summed E-state index contributed by atoms with van der Waals surface area (Å²) < 4.78 is 0. The molecule has 0 heterocycles. The maximum absolute atomic E-state index is 12.0. The van der Waals surface area contributed by atoms with Gasteiger partial charge in [-0.15, -0.1) is 0 Å². The van der Waals surface area contributed by atoms with Crippen molar-refractivity contribution >= 4 is 11.8 Å². The molecule has 2 amide bonds. The number of hydrogen-bond acceptors (Lipinski definition) is 3. The molecule has 2 atom stereocenters. The highest BCUT2D eigenvalue weighted by atomic mass is 16.2. The second kappa shape index (κ2) is 7.48. The Hall–Kier alpha value is -1.10. The Labute approximate surface area is 116 Å². The van der Waals surface area contributed by atoms with Crippen molar-refractivity contribution in [2.24, 2.45) is 11.8 Å². The lowest BCUT2D eigenvalue weighted by molar-refractivity contribution is -0.134. The first-order valence-electron chi connectivity index (χ1n) is 7.22. The van der Waals surface area contributed by atoms with E-state index in [9.17, 15) is 9.59 Å². The first-order valence-corrected chi connectivity index (χ1v) is 7.22. The van der Waals surface area contributed by atoms with Crippen molar-refractivity contribution < 1.29 is 9.59 Å². The molecule has 0 aromatic heterocycles. The largest absolute Gasteiger partial charge is 0.356 e. The Morgan fingerprint density at radius 3 is 2.32 bits per heavy atom. The predicted octanol–water partition coefficient (Wildman–Crippen LogP) is 0.559. The van der Waals surface area contributed by atoms with E-state index in [0.717, 1.165) is 32.5 Å². The molecule has 110 valence electrons. The number of carbonyl (C=O) groups excluding carboxylic acids is 2. The third kappa shape index (κ3) is 4.82. The fourth-order valence-corrected chi connectivity index (χ4v) is 2.27. The molecular formula is C14H27N3O2. The number of hydrogen-bond donors (Lipinski definition) is 1. The monoisotopic (exact) mass is 269 g/mol. The third-order valence-corrected chi connectivity index (χ3v) is 3.60. The molecule has 1 N–H and O–H groups in total. The first-order chi connectivity index (χ1) is 9.01. The van der Waals surface area contributed by atoms with E-state index in [2.05, 4.69) is 10.2 Å². The molecule has 0 aliphatic heterocycles. The van der Waals surface area contributed by atoms with Crippen LogP contribution < -0.4 is 5.32 Å². The second-order valence-electron chi connectivity index (χ2n) is 5.41. The van der Waals surface area contributed by atoms with Gasteiger partial charge in [-0.2, -0.15) is 0 Å². The zero-order valence-electron chi connectivity index (χ0n) is 12.6. The number of carbonyl (C=O) groups is 2. The molecule has 1 rings (SSSR count). The van der Waals surface area contributed by atoms with Crippen LogP contribution in [-0.2, 0) is 9.59 Å². The van der Waals surface area contributed by atoms with Gasteiger partial charge in [0.05, 0.1) is 11.8 Å². The summed E-state index contributed by atoms with van der Waals surface area (Å²) in [5, 5.41) is 2.92. The molecule has 1 aliphatic carbocycles. The molecule has 1 aliphatic rings. The summed E-state index contributed by atoms with van der Waals surface area (Å²) in [7, 11) is 4.03. The Morgan fingerprint density at radius 1 is 1.16 bits per heavy atom. The van der Waals surface area contributed by atoms with Crippen molar-refractivity contribution in [1.29, 1.82) is 0 Å². The minimum atomic E-state index is -0.0903. The van der Waals surface area contributed by atoms with Gasteiger partial charge in [0, 0.05) is 19.6 Å². The average molecular weight is 269 g/mol. The van der Waals surface area contributed by atoms with Crippen molar-refractivity contribution in [3.63, 3.8) is 0 Å². The molecule has 0 aromatic rings. The van der Waals surface area contributed by atoms with Gasteiger partial charge in [0.1, 0.15) is 0 Å². The standard InChI is InChI=1S/C14H27N3O2/c1-5-17(6-2)14(19)12-10-11(12)13(18)15-8-7-9-16(3)4/h11-12H,5-10H2,1-4H3,(H,15,18). The van der Waals surface area contributed by atoms with Crippen LogP contribution in [-0.4, -0.2) is 61.9 Å². The SMILES string of the molecule is CCN(CC)C(=O)C1CC1C(=O)NCCCN(C)C. The van der Waals surface area contributed by atoms with Crippen LogP contribution in [0.3, 0.4) is 0 Å². The summed E-state index contributed by atoms with van der Waals surface area (Å²) >= 11 is 0. The van der Waals surface area contributed by atoms with Crippen molar-refractivity contribution in [2.75, 3.05) is 40.3 Å². The van der Waals surface area contributed by atoms with Crippen molar-refractivity contribution in [3.8, 4) is 0 Å². The van der Waals surface area contributed by atoms with E-state index in [-0.39, 0.29) is 23.7 Å². The van der Waals surface area contributed by atoms with Crippen molar-refractivity contribution in [2.45, 2.75) is 26.7 Å². The van der Waals surface area contributed by atoms with E-state index in [1.165, 1.54) is 0 Å². The summed E-state index contributed by atoms with van der Waals surface area (Å²) in [4.78, 5) is 27.8. The van der Waals surface area contributed by atoms with E-state index in [1.54, 1.807) is 0 Å². The van der Waals surface area contributed by atoms with Gasteiger partial charge in [-0.3, -0.25) is 9.59 Å². The van der Waals surface area contributed by atoms with Crippen LogP contribution in [0.5, 0.6) is 0 Å². The Morgan fingerprint density at radius 2 is 1.79 bits per heavy atom.